The Hall–Kier alpha value is -0.600. The van der Waals surface area contributed by atoms with E-state index in [1.165, 1.54) is 29.7 Å². The van der Waals surface area contributed by atoms with Crippen LogP contribution in [0.4, 0.5) is 0 Å². The van der Waals surface area contributed by atoms with Gasteiger partial charge in [0.2, 0.25) is 0 Å². The summed E-state index contributed by atoms with van der Waals surface area (Å²) in [5, 5.41) is 6.67. The third-order valence-electron chi connectivity index (χ3n) is 3.54. The zero-order valence-electron chi connectivity index (χ0n) is 11.0. The van der Waals surface area contributed by atoms with Gasteiger partial charge in [-0.1, -0.05) is 26.3 Å². The molecule has 2 heteroatoms. The van der Waals surface area contributed by atoms with Crippen molar-refractivity contribution >= 4 is 22.7 Å². The highest BCUT2D eigenvalue weighted by Crippen LogP contribution is 2.33. The molecule has 0 aliphatic heterocycles. The molecule has 2 aromatic rings. The molecule has 0 aliphatic carbocycles. The molecule has 18 heavy (non-hydrogen) atoms. The Labute approximate surface area is 119 Å². The van der Waals surface area contributed by atoms with Gasteiger partial charge in [-0.2, -0.15) is 11.3 Å². The predicted octanol–water partition coefficient (Wildman–Crippen LogP) is 6.09. The van der Waals surface area contributed by atoms with Crippen molar-refractivity contribution in [1.82, 2.24) is 0 Å². The molecule has 0 nitrogen and oxygen atoms in total. The average molecular weight is 277 g/mol. The molecular formula is C16H21S2. The first-order chi connectivity index (χ1) is 8.81. The van der Waals surface area contributed by atoms with Gasteiger partial charge in [-0.15, -0.1) is 11.3 Å². The number of hydrogen-bond donors (Lipinski definition) is 0. The zero-order valence-corrected chi connectivity index (χ0v) is 12.6. The Morgan fingerprint density at radius 2 is 2.06 bits per heavy atom. The van der Waals surface area contributed by atoms with Crippen LogP contribution in [0, 0.1) is 6.92 Å². The Kier molecular flexibility index (Phi) is 5.45. The van der Waals surface area contributed by atoms with Crippen molar-refractivity contribution in [2.45, 2.75) is 44.4 Å². The van der Waals surface area contributed by atoms with Crippen molar-refractivity contribution < 1.29 is 0 Å². The highest BCUT2D eigenvalue weighted by atomic mass is 32.1. The summed E-state index contributed by atoms with van der Waals surface area (Å²) in [6.45, 7) is 6.37. The predicted molar refractivity (Wildman–Crippen MR) is 83.6 cm³/mol. The summed E-state index contributed by atoms with van der Waals surface area (Å²) in [5.74, 6) is 1.40. The van der Waals surface area contributed by atoms with E-state index in [9.17, 15) is 0 Å². The van der Waals surface area contributed by atoms with E-state index < -0.39 is 0 Å². The third kappa shape index (κ3) is 3.69. The summed E-state index contributed by atoms with van der Waals surface area (Å²) in [7, 11) is 0. The SMILES string of the molecule is [CH2]CCC(CCC(C)c1cccs1)c1ccsc1. The van der Waals surface area contributed by atoms with Crippen molar-refractivity contribution in [3.8, 4) is 0 Å². The summed E-state index contributed by atoms with van der Waals surface area (Å²) in [4.78, 5) is 1.52. The lowest BCUT2D eigenvalue weighted by molar-refractivity contribution is 0.526. The number of hydrogen-bond acceptors (Lipinski definition) is 2. The summed E-state index contributed by atoms with van der Waals surface area (Å²) in [5.41, 5.74) is 1.52. The van der Waals surface area contributed by atoms with Crippen LogP contribution in [0.1, 0.15) is 54.9 Å². The van der Waals surface area contributed by atoms with Crippen molar-refractivity contribution in [3.63, 3.8) is 0 Å². The first kappa shape index (κ1) is 13.8. The topological polar surface area (TPSA) is 0 Å². The lowest BCUT2D eigenvalue weighted by Gasteiger charge is -2.17. The van der Waals surface area contributed by atoms with Crippen LogP contribution in [-0.4, -0.2) is 0 Å². The first-order valence-electron chi connectivity index (χ1n) is 6.66. The lowest BCUT2D eigenvalue weighted by atomic mass is 9.89. The van der Waals surface area contributed by atoms with Crippen molar-refractivity contribution in [2.75, 3.05) is 0 Å². The van der Waals surface area contributed by atoms with E-state index in [0.717, 1.165) is 6.42 Å². The third-order valence-corrected chi connectivity index (χ3v) is 5.35. The van der Waals surface area contributed by atoms with Gasteiger partial charge in [-0.05, 0) is 64.9 Å². The van der Waals surface area contributed by atoms with Gasteiger partial charge < -0.3 is 0 Å². The van der Waals surface area contributed by atoms with Gasteiger partial charge in [0.15, 0.2) is 0 Å². The fourth-order valence-electron chi connectivity index (χ4n) is 2.40. The molecule has 2 atom stereocenters. The quantitative estimate of drug-likeness (QED) is 0.574. The highest BCUT2D eigenvalue weighted by Gasteiger charge is 2.14. The minimum atomic E-state index is 0.691. The van der Waals surface area contributed by atoms with Gasteiger partial charge in [0.25, 0.3) is 0 Å². The second kappa shape index (κ2) is 7.10. The van der Waals surface area contributed by atoms with E-state index in [2.05, 4.69) is 48.2 Å². The Balaban J connectivity index is 1.90. The van der Waals surface area contributed by atoms with Crippen LogP contribution in [0.5, 0.6) is 0 Å². The van der Waals surface area contributed by atoms with Crippen LogP contribution in [0.15, 0.2) is 34.3 Å². The maximum atomic E-state index is 4.02. The van der Waals surface area contributed by atoms with Crippen molar-refractivity contribution in [3.05, 3.63) is 51.7 Å². The Bertz CT molecular complexity index is 414. The van der Waals surface area contributed by atoms with Crippen LogP contribution >= 0.6 is 22.7 Å². The molecule has 0 aliphatic rings. The van der Waals surface area contributed by atoms with E-state index >= 15 is 0 Å². The van der Waals surface area contributed by atoms with Crippen LogP contribution in [-0.2, 0) is 0 Å². The number of thiophene rings is 2. The van der Waals surface area contributed by atoms with Gasteiger partial charge in [0.1, 0.15) is 0 Å². The maximum Gasteiger partial charge on any atom is 0.00734 e. The second-order valence-electron chi connectivity index (χ2n) is 4.89. The van der Waals surface area contributed by atoms with Crippen LogP contribution in [0.25, 0.3) is 0 Å². The standard InChI is InChI=1S/C16H21S2/c1-3-5-14(15-9-11-17-12-15)8-7-13(2)16-6-4-10-18-16/h4,6,9-14H,1,3,5,7-8H2,2H3. The van der Waals surface area contributed by atoms with Crippen LogP contribution in [0.2, 0.25) is 0 Å². The fourth-order valence-corrected chi connectivity index (χ4v) is 3.96. The normalized spacial score (nSPS) is 14.6. The fraction of sp³-hybridized carbons (Fsp3) is 0.438. The molecule has 0 fully saturated rings. The highest BCUT2D eigenvalue weighted by molar-refractivity contribution is 7.10. The first-order valence-corrected chi connectivity index (χ1v) is 8.48. The molecule has 0 bridgehead atoms. The molecule has 2 aromatic heterocycles. The van der Waals surface area contributed by atoms with Gasteiger partial charge in [-0.25, -0.2) is 0 Å². The molecule has 0 amide bonds. The van der Waals surface area contributed by atoms with Gasteiger partial charge in [0.05, 0.1) is 0 Å². The molecule has 2 unspecified atom stereocenters. The van der Waals surface area contributed by atoms with Crippen molar-refractivity contribution in [2.24, 2.45) is 0 Å². The van der Waals surface area contributed by atoms with Gasteiger partial charge in [0, 0.05) is 4.88 Å². The summed E-state index contributed by atoms with van der Waals surface area (Å²) in [6, 6.07) is 6.69. The minimum absolute atomic E-state index is 0.691. The van der Waals surface area contributed by atoms with Crippen LogP contribution in [0.3, 0.4) is 0 Å². The average Bonchev–Trinajstić information content (AvgIpc) is 3.04. The molecule has 0 N–H and O–H groups in total. The monoisotopic (exact) mass is 277 g/mol. The molecule has 2 rings (SSSR count). The smallest absolute Gasteiger partial charge is 0.00734 e. The van der Waals surface area contributed by atoms with E-state index in [1.807, 2.05) is 22.7 Å². The van der Waals surface area contributed by atoms with E-state index in [-0.39, 0.29) is 0 Å². The molecule has 0 aromatic carbocycles. The zero-order chi connectivity index (χ0) is 12.8. The van der Waals surface area contributed by atoms with Gasteiger partial charge >= 0.3 is 0 Å². The minimum Gasteiger partial charge on any atom is -0.152 e. The van der Waals surface area contributed by atoms with E-state index in [0.29, 0.717) is 11.8 Å². The molecule has 2 heterocycles. The van der Waals surface area contributed by atoms with E-state index in [1.54, 1.807) is 0 Å². The molecular weight excluding hydrogens is 256 g/mol. The molecule has 0 saturated carbocycles. The molecule has 0 spiro atoms. The number of rotatable bonds is 7. The second-order valence-corrected chi connectivity index (χ2v) is 6.65. The van der Waals surface area contributed by atoms with Gasteiger partial charge in [-0.3, -0.25) is 0 Å². The summed E-state index contributed by atoms with van der Waals surface area (Å²) < 4.78 is 0. The maximum absolute atomic E-state index is 4.02. The Morgan fingerprint density at radius 3 is 2.67 bits per heavy atom. The lowest BCUT2D eigenvalue weighted by Crippen LogP contribution is -2.00. The Morgan fingerprint density at radius 1 is 1.17 bits per heavy atom. The van der Waals surface area contributed by atoms with E-state index in [4.69, 9.17) is 0 Å². The summed E-state index contributed by atoms with van der Waals surface area (Å²) >= 11 is 3.69. The molecule has 0 saturated heterocycles. The largest absolute Gasteiger partial charge is 0.152 e. The molecule has 97 valence electrons. The molecule has 1 radical (unpaired) electrons. The summed E-state index contributed by atoms with van der Waals surface area (Å²) in [6.07, 6.45) is 4.81. The van der Waals surface area contributed by atoms with Crippen molar-refractivity contribution in [1.29, 1.82) is 0 Å². The van der Waals surface area contributed by atoms with Crippen LogP contribution < -0.4 is 0 Å².